The van der Waals surface area contributed by atoms with Crippen LogP contribution in [0.15, 0.2) is 12.1 Å². The molecule has 1 N–H and O–H groups in total. The van der Waals surface area contributed by atoms with Crippen LogP contribution in [0.4, 0.5) is 5.82 Å². The van der Waals surface area contributed by atoms with Crippen molar-refractivity contribution in [3.8, 4) is 0 Å². The highest BCUT2D eigenvalue weighted by Gasteiger charge is 2.17. The average Bonchev–Trinajstić information content (AvgIpc) is 2.75. The maximum atomic E-state index is 4.37. The largest absolute Gasteiger partial charge is 0.352 e. The van der Waals surface area contributed by atoms with Crippen molar-refractivity contribution in [3.63, 3.8) is 0 Å². The summed E-state index contributed by atoms with van der Waals surface area (Å²) in [5, 5.41) is 19.0. The first-order valence-electron chi connectivity index (χ1n) is 5.37. The van der Waals surface area contributed by atoms with Crippen LogP contribution >= 0.6 is 0 Å². The molecule has 16 heavy (non-hydrogen) atoms. The summed E-state index contributed by atoms with van der Waals surface area (Å²) in [5.41, 5.74) is 0.673. The number of nitrogens with zero attached hydrogens (tertiary/aromatic N) is 6. The third-order valence-corrected chi connectivity index (χ3v) is 2.75. The number of nitrogens with one attached hydrogen (secondary N) is 1. The van der Waals surface area contributed by atoms with Gasteiger partial charge in [0.1, 0.15) is 0 Å². The van der Waals surface area contributed by atoms with Gasteiger partial charge in [0.25, 0.3) is 0 Å². The van der Waals surface area contributed by atoms with Crippen LogP contribution in [0.25, 0.3) is 5.65 Å². The SMILES string of the molecule is C[C@@H]1CN(c2ccc3nnnn3n2)CCN1. The van der Waals surface area contributed by atoms with Gasteiger partial charge in [0.2, 0.25) is 0 Å². The predicted molar refractivity (Wildman–Crippen MR) is 58.3 cm³/mol. The number of hydrogen-bond acceptors (Lipinski definition) is 6. The van der Waals surface area contributed by atoms with Crippen molar-refractivity contribution in [2.75, 3.05) is 24.5 Å². The highest BCUT2D eigenvalue weighted by molar-refractivity contribution is 5.44. The first-order chi connectivity index (χ1) is 7.83. The molecule has 0 amide bonds. The van der Waals surface area contributed by atoms with Crippen molar-refractivity contribution in [1.82, 2.24) is 30.6 Å². The van der Waals surface area contributed by atoms with Crippen LogP contribution in [-0.2, 0) is 0 Å². The average molecular weight is 219 g/mol. The third kappa shape index (κ3) is 1.58. The zero-order valence-corrected chi connectivity index (χ0v) is 9.04. The van der Waals surface area contributed by atoms with Crippen molar-refractivity contribution < 1.29 is 0 Å². The van der Waals surface area contributed by atoms with Crippen LogP contribution in [0, 0.1) is 0 Å². The summed E-state index contributed by atoms with van der Waals surface area (Å²) in [6.45, 7) is 5.07. The molecule has 7 heteroatoms. The molecule has 0 spiro atoms. The molecule has 2 aromatic rings. The molecule has 2 aromatic heterocycles. The summed E-state index contributed by atoms with van der Waals surface area (Å²) in [6, 6.07) is 4.33. The molecule has 84 valence electrons. The summed E-state index contributed by atoms with van der Waals surface area (Å²) in [5.74, 6) is 0.924. The Bertz CT molecular complexity index is 493. The lowest BCUT2D eigenvalue weighted by atomic mass is 10.2. The molecule has 0 unspecified atom stereocenters. The van der Waals surface area contributed by atoms with Crippen LogP contribution in [0.5, 0.6) is 0 Å². The van der Waals surface area contributed by atoms with Crippen LogP contribution in [0.1, 0.15) is 6.92 Å². The summed E-state index contributed by atoms with van der Waals surface area (Å²) in [4.78, 5) is 2.24. The van der Waals surface area contributed by atoms with Crippen molar-refractivity contribution in [3.05, 3.63) is 12.1 Å². The Morgan fingerprint density at radius 2 is 2.38 bits per heavy atom. The number of fused-ring (bicyclic) bond motifs is 1. The predicted octanol–water partition coefficient (Wildman–Crippen LogP) is -0.683. The number of aromatic nitrogens is 5. The molecule has 7 nitrogen and oxygen atoms in total. The lowest BCUT2D eigenvalue weighted by Gasteiger charge is -2.32. The minimum atomic E-state index is 0.486. The molecule has 0 radical (unpaired) electrons. The lowest BCUT2D eigenvalue weighted by molar-refractivity contribution is 0.480. The van der Waals surface area contributed by atoms with Crippen LogP contribution in [0.2, 0.25) is 0 Å². The number of tetrazole rings is 1. The van der Waals surface area contributed by atoms with E-state index < -0.39 is 0 Å². The molecule has 0 saturated carbocycles. The maximum Gasteiger partial charge on any atom is 0.200 e. The molecule has 0 aromatic carbocycles. The molecular formula is C9H13N7. The Hall–Kier alpha value is -1.76. The first-order valence-corrected chi connectivity index (χ1v) is 5.37. The van der Waals surface area contributed by atoms with E-state index >= 15 is 0 Å². The van der Waals surface area contributed by atoms with Gasteiger partial charge in [0.15, 0.2) is 11.5 Å². The molecule has 0 bridgehead atoms. The van der Waals surface area contributed by atoms with E-state index in [4.69, 9.17) is 0 Å². The van der Waals surface area contributed by atoms with E-state index in [1.54, 1.807) is 0 Å². The van der Waals surface area contributed by atoms with Crippen molar-refractivity contribution in [2.45, 2.75) is 13.0 Å². The van der Waals surface area contributed by atoms with Gasteiger partial charge in [0.05, 0.1) is 0 Å². The smallest absolute Gasteiger partial charge is 0.200 e. The van der Waals surface area contributed by atoms with Gasteiger partial charge in [-0.15, -0.1) is 14.8 Å². The van der Waals surface area contributed by atoms with E-state index in [-0.39, 0.29) is 0 Å². The van der Waals surface area contributed by atoms with Gasteiger partial charge >= 0.3 is 0 Å². The molecule has 3 rings (SSSR count). The summed E-state index contributed by atoms with van der Waals surface area (Å²) >= 11 is 0. The van der Waals surface area contributed by atoms with Gasteiger partial charge in [-0.1, -0.05) is 0 Å². The van der Waals surface area contributed by atoms with E-state index in [2.05, 4.69) is 37.8 Å². The van der Waals surface area contributed by atoms with Crippen molar-refractivity contribution >= 4 is 11.5 Å². The van der Waals surface area contributed by atoms with Gasteiger partial charge in [-0.3, -0.25) is 0 Å². The second-order valence-electron chi connectivity index (χ2n) is 4.02. The maximum absolute atomic E-state index is 4.37. The molecule has 1 fully saturated rings. The number of anilines is 1. The Morgan fingerprint density at radius 3 is 3.25 bits per heavy atom. The molecule has 1 aliphatic rings. The molecule has 0 aliphatic carbocycles. The fourth-order valence-corrected chi connectivity index (χ4v) is 1.95. The number of piperazine rings is 1. The van der Waals surface area contributed by atoms with Crippen LogP contribution < -0.4 is 10.2 Å². The standard InChI is InChI=1S/C9H13N7/c1-7-6-15(5-4-10-7)9-3-2-8-11-13-14-16(8)12-9/h2-3,7,10H,4-6H2,1H3/t7-/m1/s1. The summed E-state index contributed by atoms with van der Waals surface area (Å²) < 4.78 is 1.46. The Labute approximate surface area is 92.4 Å². The van der Waals surface area contributed by atoms with Gasteiger partial charge in [-0.25, -0.2) is 0 Å². The van der Waals surface area contributed by atoms with Crippen molar-refractivity contribution in [1.29, 1.82) is 0 Å². The Morgan fingerprint density at radius 1 is 1.44 bits per heavy atom. The first kappa shape index (κ1) is 9.46. The monoisotopic (exact) mass is 219 g/mol. The van der Waals surface area contributed by atoms with Crippen LogP contribution in [-0.4, -0.2) is 50.9 Å². The van der Waals surface area contributed by atoms with Crippen LogP contribution in [0.3, 0.4) is 0 Å². The molecule has 1 saturated heterocycles. The molecule has 1 aliphatic heterocycles. The van der Waals surface area contributed by atoms with Gasteiger partial charge in [-0.2, -0.15) is 0 Å². The summed E-state index contributed by atoms with van der Waals surface area (Å²) in [6.07, 6.45) is 0. The number of hydrogen-bond donors (Lipinski definition) is 1. The minimum absolute atomic E-state index is 0.486. The highest BCUT2D eigenvalue weighted by atomic mass is 15.6. The fourth-order valence-electron chi connectivity index (χ4n) is 1.95. The topological polar surface area (TPSA) is 71.2 Å². The summed E-state index contributed by atoms with van der Waals surface area (Å²) in [7, 11) is 0. The zero-order valence-electron chi connectivity index (χ0n) is 9.04. The zero-order chi connectivity index (χ0) is 11.0. The minimum Gasteiger partial charge on any atom is -0.352 e. The van der Waals surface area contributed by atoms with E-state index in [0.29, 0.717) is 11.7 Å². The Balaban J connectivity index is 1.92. The van der Waals surface area contributed by atoms with E-state index in [1.165, 1.54) is 4.63 Å². The molecule has 3 heterocycles. The van der Waals surface area contributed by atoms with Gasteiger partial charge < -0.3 is 10.2 Å². The normalized spacial score (nSPS) is 21.6. The quantitative estimate of drug-likeness (QED) is 0.685. The van der Waals surface area contributed by atoms with E-state index in [0.717, 1.165) is 25.5 Å². The highest BCUT2D eigenvalue weighted by Crippen LogP contribution is 2.12. The third-order valence-electron chi connectivity index (χ3n) is 2.75. The van der Waals surface area contributed by atoms with Crippen molar-refractivity contribution in [2.24, 2.45) is 0 Å². The Kier molecular flexibility index (Phi) is 2.17. The second kappa shape index (κ2) is 3.67. The lowest BCUT2D eigenvalue weighted by Crippen LogP contribution is -2.49. The van der Waals surface area contributed by atoms with E-state index in [1.807, 2.05) is 12.1 Å². The molecule has 1 atom stereocenters. The fraction of sp³-hybridized carbons (Fsp3) is 0.556. The van der Waals surface area contributed by atoms with Gasteiger partial charge in [-0.05, 0) is 29.5 Å². The van der Waals surface area contributed by atoms with E-state index in [9.17, 15) is 0 Å². The molecular weight excluding hydrogens is 206 g/mol. The van der Waals surface area contributed by atoms with Gasteiger partial charge in [0, 0.05) is 25.7 Å². The second-order valence-corrected chi connectivity index (χ2v) is 4.02. The number of rotatable bonds is 1.